The molecule has 0 amide bonds. The van der Waals surface area contributed by atoms with Gasteiger partial charge in [0.2, 0.25) is 0 Å². The standard InChI is InChI=1S/C10H8BrClN2O2S2/c11-10-6(12)5-9(17-10)18(15,16)14-8-4-2-1-3-7(8)13/h1-5,14H,13H2. The van der Waals surface area contributed by atoms with Gasteiger partial charge in [0.1, 0.15) is 4.21 Å². The summed E-state index contributed by atoms with van der Waals surface area (Å²) in [6.07, 6.45) is 0. The molecule has 1 aromatic heterocycles. The maximum Gasteiger partial charge on any atom is 0.271 e. The lowest BCUT2D eigenvalue weighted by molar-refractivity contribution is 0.603. The highest BCUT2D eigenvalue weighted by molar-refractivity contribution is 9.11. The average Bonchev–Trinajstić information content (AvgIpc) is 2.63. The van der Waals surface area contributed by atoms with E-state index in [9.17, 15) is 8.42 Å². The van der Waals surface area contributed by atoms with Gasteiger partial charge in [0.15, 0.2) is 0 Å². The highest BCUT2D eigenvalue weighted by atomic mass is 79.9. The normalized spacial score (nSPS) is 11.4. The van der Waals surface area contributed by atoms with Gasteiger partial charge in [-0.1, -0.05) is 23.7 Å². The second kappa shape index (κ2) is 5.08. The van der Waals surface area contributed by atoms with Crippen molar-refractivity contribution in [2.45, 2.75) is 4.21 Å². The Hall–Kier alpha value is -0.760. The Morgan fingerprint density at radius 2 is 2.00 bits per heavy atom. The fraction of sp³-hybridized carbons (Fsp3) is 0. The van der Waals surface area contributed by atoms with Crippen molar-refractivity contribution in [3.05, 3.63) is 39.1 Å². The summed E-state index contributed by atoms with van der Waals surface area (Å²) in [6.45, 7) is 0. The van der Waals surface area contributed by atoms with Crippen LogP contribution in [0, 0.1) is 0 Å². The SMILES string of the molecule is Nc1ccccc1NS(=O)(=O)c1cc(Cl)c(Br)s1. The number of nitrogen functional groups attached to an aromatic ring is 1. The third kappa shape index (κ3) is 2.80. The first-order valence-electron chi connectivity index (χ1n) is 4.72. The summed E-state index contributed by atoms with van der Waals surface area (Å²) in [5.41, 5.74) is 6.39. The minimum absolute atomic E-state index is 0.127. The predicted molar refractivity (Wildman–Crippen MR) is 78.7 cm³/mol. The molecular weight excluding hydrogens is 360 g/mol. The molecule has 0 aliphatic rings. The van der Waals surface area contributed by atoms with E-state index in [4.69, 9.17) is 17.3 Å². The Kier molecular flexibility index (Phi) is 3.86. The van der Waals surface area contributed by atoms with E-state index in [-0.39, 0.29) is 4.21 Å². The maximum absolute atomic E-state index is 12.1. The number of para-hydroxylation sites is 2. The van der Waals surface area contributed by atoms with E-state index in [1.54, 1.807) is 24.3 Å². The van der Waals surface area contributed by atoms with Crippen molar-refractivity contribution < 1.29 is 8.42 Å². The molecule has 4 nitrogen and oxygen atoms in total. The Bertz CT molecular complexity index is 665. The molecule has 1 heterocycles. The van der Waals surface area contributed by atoms with E-state index in [2.05, 4.69) is 20.7 Å². The number of benzene rings is 1. The van der Waals surface area contributed by atoms with Gasteiger partial charge in [0.25, 0.3) is 10.0 Å². The number of thiophene rings is 1. The molecule has 0 saturated carbocycles. The van der Waals surface area contributed by atoms with Crippen LogP contribution >= 0.6 is 38.9 Å². The van der Waals surface area contributed by atoms with E-state index < -0.39 is 10.0 Å². The van der Waals surface area contributed by atoms with Crippen LogP contribution in [0.1, 0.15) is 0 Å². The van der Waals surface area contributed by atoms with Crippen LogP contribution in [0.15, 0.2) is 38.3 Å². The summed E-state index contributed by atoms with van der Waals surface area (Å²) in [5, 5.41) is 0.362. The first kappa shape index (κ1) is 13.7. The van der Waals surface area contributed by atoms with Crippen molar-refractivity contribution in [3.63, 3.8) is 0 Å². The van der Waals surface area contributed by atoms with E-state index in [1.807, 2.05) is 0 Å². The molecule has 0 spiro atoms. The molecule has 0 aliphatic carbocycles. The average molecular weight is 368 g/mol. The van der Waals surface area contributed by atoms with Crippen molar-refractivity contribution >= 4 is 60.3 Å². The second-order valence-electron chi connectivity index (χ2n) is 3.38. The molecule has 96 valence electrons. The number of hydrogen-bond donors (Lipinski definition) is 2. The Morgan fingerprint density at radius 3 is 2.56 bits per heavy atom. The zero-order chi connectivity index (χ0) is 13.3. The molecule has 0 saturated heterocycles. The molecule has 0 fully saturated rings. The molecule has 0 unspecified atom stereocenters. The number of anilines is 2. The van der Waals surface area contributed by atoms with Crippen LogP contribution in [-0.2, 0) is 10.0 Å². The molecule has 0 aliphatic heterocycles. The summed E-state index contributed by atoms with van der Waals surface area (Å²) < 4.78 is 27.3. The Labute approximate surface area is 122 Å². The molecule has 0 radical (unpaired) electrons. The van der Waals surface area contributed by atoms with Crippen molar-refractivity contribution in [2.24, 2.45) is 0 Å². The van der Waals surface area contributed by atoms with Gasteiger partial charge in [0, 0.05) is 0 Å². The van der Waals surface area contributed by atoms with E-state index >= 15 is 0 Å². The zero-order valence-electron chi connectivity index (χ0n) is 8.85. The lowest BCUT2D eigenvalue weighted by Crippen LogP contribution is -2.12. The van der Waals surface area contributed by atoms with E-state index in [0.29, 0.717) is 20.2 Å². The number of sulfonamides is 1. The van der Waals surface area contributed by atoms with Crippen LogP contribution < -0.4 is 10.5 Å². The van der Waals surface area contributed by atoms with Crippen molar-refractivity contribution in [3.8, 4) is 0 Å². The molecule has 1 aromatic carbocycles. The molecule has 3 N–H and O–H groups in total. The first-order chi connectivity index (χ1) is 8.40. The van der Waals surface area contributed by atoms with Gasteiger partial charge in [-0.25, -0.2) is 8.42 Å². The summed E-state index contributed by atoms with van der Waals surface area (Å²) in [6, 6.07) is 8.03. The number of hydrogen-bond acceptors (Lipinski definition) is 4. The highest BCUT2D eigenvalue weighted by Gasteiger charge is 2.19. The molecule has 8 heteroatoms. The summed E-state index contributed by atoms with van der Waals surface area (Å²) in [7, 11) is -3.66. The highest BCUT2D eigenvalue weighted by Crippen LogP contribution is 2.35. The van der Waals surface area contributed by atoms with Crippen LogP contribution in [0.25, 0.3) is 0 Å². The maximum atomic E-state index is 12.1. The van der Waals surface area contributed by atoms with Crippen LogP contribution in [0.2, 0.25) is 5.02 Å². The van der Waals surface area contributed by atoms with Crippen LogP contribution in [0.4, 0.5) is 11.4 Å². The summed E-state index contributed by atoms with van der Waals surface area (Å²) in [5.74, 6) is 0. The molecule has 2 rings (SSSR count). The largest absolute Gasteiger partial charge is 0.397 e. The molecule has 0 atom stereocenters. The van der Waals surface area contributed by atoms with Gasteiger partial charge in [0.05, 0.1) is 20.2 Å². The van der Waals surface area contributed by atoms with Crippen molar-refractivity contribution in [2.75, 3.05) is 10.5 Å². The van der Waals surface area contributed by atoms with Gasteiger partial charge in [-0.15, -0.1) is 11.3 Å². The van der Waals surface area contributed by atoms with Crippen LogP contribution in [-0.4, -0.2) is 8.42 Å². The number of nitrogens with two attached hydrogens (primary N) is 1. The second-order valence-corrected chi connectivity index (χ2v) is 8.07. The number of nitrogens with one attached hydrogen (secondary N) is 1. The topological polar surface area (TPSA) is 72.2 Å². The number of rotatable bonds is 3. The first-order valence-corrected chi connectivity index (χ1v) is 8.19. The van der Waals surface area contributed by atoms with Crippen LogP contribution in [0.5, 0.6) is 0 Å². The van der Waals surface area contributed by atoms with Crippen LogP contribution in [0.3, 0.4) is 0 Å². The monoisotopic (exact) mass is 366 g/mol. The molecular formula is C10H8BrClN2O2S2. The smallest absolute Gasteiger partial charge is 0.271 e. The molecule has 2 aromatic rings. The Morgan fingerprint density at radius 1 is 1.33 bits per heavy atom. The minimum atomic E-state index is -3.66. The third-order valence-corrected chi connectivity index (χ3v) is 6.41. The predicted octanol–water partition coefficient (Wildman–Crippen LogP) is 3.55. The van der Waals surface area contributed by atoms with E-state index in [1.165, 1.54) is 6.07 Å². The Balaban J connectivity index is 2.36. The summed E-state index contributed by atoms with van der Waals surface area (Å²) in [4.78, 5) is 0. The van der Waals surface area contributed by atoms with E-state index in [0.717, 1.165) is 11.3 Å². The van der Waals surface area contributed by atoms with Gasteiger partial charge in [-0.3, -0.25) is 4.72 Å². The lowest BCUT2D eigenvalue weighted by Gasteiger charge is -2.08. The van der Waals surface area contributed by atoms with Crippen molar-refractivity contribution in [1.82, 2.24) is 0 Å². The quantitative estimate of drug-likeness (QED) is 0.815. The molecule has 18 heavy (non-hydrogen) atoms. The van der Waals surface area contributed by atoms with Crippen molar-refractivity contribution in [1.29, 1.82) is 0 Å². The number of halogens is 2. The van der Waals surface area contributed by atoms with Gasteiger partial charge < -0.3 is 5.73 Å². The fourth-order valence-corrected chi connectivity index (χ4v) is 4.73. The molecule has 0 bridgehead atoms. The zero-order valence-corrected chi connectivity index (χ0v) is 12.8. The lowest BCUT2D eigenvalue weighted by atomic mass is 10.3. The van der Waals surface area contributed by atoms with Gasteiger partial charge >= 0.3 is 0 Å². The third-order valence-electron chi connectivity index (χ3n) is 2.09. The minimum Gasteiger partial charge on any atom is -0.397 e. The van der Waals surface area contributed by atoms with Gasteiger partial charge in [-0.2, -0.15) is 0 Å². The summed E-state index contributed by atoms with van der Waals surface area (Å²) >= 11 is 10.0. The van der Waals surface area contributed by atoms with Gasteiger partial charge in [-0.05, 0) is 34.1 Å². The fourth-order valence-electron chi connectivity index (χ4n) is 1.24.